The molecule has 168 valence electrons. The van der Waals surface area contributed by atoms with E-state index in [0.717, 1.165) is 0 Å². The molecule has 1 fully saturated rings. The van der Waals surface area contributed by atoms with Crippen LogP contribution in [0.1, 0.15) is 29.2 Å². The Labute approximate surface area is 201 Å². The molecule has 2 nitrogen and oxygen atoms in total. The number of ether oxygens (including phenoxy) is 1. The van der Waals surface area contributed by atoms with Crippen molar-refractivity contribution in [1.29, 1.82) is 0 Å². The van der Waals surface area contributed by atoms with Gasteiger partial charge in [0.2, 0.25) is 0 Å². The van der Waals surface area contributed by atoms with Crippen LogP contribution < -0.4 is 0 Å². The molecule has 1 aliphatic rings. The van der Waals surface area contributed by atoms with E-state index < -0.39 is 11.0 Å². The van der Waals surface area contributed by atoms with Gasteiger partial charge in [-0.05, 0) is 28.7 Å². The zero-order valence-corrected chi connectivity index (χ0v) is 19.7. The summed E-state index contributed by atoms with van der Waals surface area (Å²) in [4.78, 5) is 0. The van der Waals surface area contributed by atoms with Gasteiger partial charge in [0, 0.05) is 29.7 Å². The fourth-order valence-electron chi connectivity index (χ4n) is 6.43. The minimum Gasteiger partial charge on any atom is -0.364 e. The van der Waals surface area contributed by atoms with Gasteiger partial charge in [0.25, 0.3) is 0 Å². The Kier molecular flexibility index (Phi) is 4.93. The number of rotatable bonds is 4. The van der Waals surface area contributed by atoms with E-state index in [1.54, 1.807) is 0 Å². The van der Waals surface area contributed by atoms with E-state index in [-0.39, 0.29) is 5.92 Å². The van der Waals surface area contributed by atoms with Crippen molar-refractivity contribution in [3.63, 3.8) is 0 Å². The van der Waals surface area contributed by atoms with Crippen LogP contribution in [0.2, 0.25) is 0 Å². The molecule has 2 unspecified atom stereocenters. The molecule has 0 aliphatic carbocycles. The Morgan fingerprint density at radius 3 is 1.76 bits per heavy atom. The van der Waals surface area contributed by atoms with Gasteiger partial charge in [0.05, 0.1) is 12.0 Å². The topological polar surface area (TPSA) is 14.2 Å². The third kappa shape index (κ3) is 2.72. The smallest absolute Gasteiger partial charge is 0.134 e. The summed E-state index contributed by atoms with van der Waals surface area (Å²) >= 11 is 0. The minimum absolute atomic E-state index is 0.247. The van der Waals surface area contributed by atoms with Gasteiger partial charge in [-0.2, -0.15) is 0 Å². The fourth-order valence-corrected chi connectivity index (χ4v) is 6.43. The van der Waals surface area contributed by atoms with Crippen molar-refractivity contribution in [2.24, 2.45) is 13.0 Å². The van der Waals surface area contributed by atoms with Gasteiger partial charge >= 0.3 is 0 Å². The van der Waals surface area contributed by atoms with Crippen LogP contribution in [0.5, 0.6) is 0 Å². The molecule has 1 aromatic heterocycles. The molecular formula is C32H29NO. The van der Waals surface area contributed by atoms with E-state index >= 15 is 0 Å². The largest absolute Gasteiger partial charge is 0.364 e. The Balaban J connectivity index is 1.82. The lowest BCUT2D eigenvalue weighted by Crippen LogP contribution is -2.50. The van der Waals surface area contributed by atoms with Crippen molar-refractivity contribution in [1.82, 2.24) is 4.57 Å². The third-order valence-corrected chi connectivity index (χ3v) is 7.76. The zero-order valence-electron chi connectivity index (χ0n) is 19.7. The molecule has 0 amide bonds. The van der Waals surface area contributed by atoms with Gasteiger partial charge < -0.3 is 9.30 Å². The second-order valence-corrected chi connectivity index (χ2v) is 9.47. The number of aryl methyl sites for hydroxylation is 1. The number of hydrogen-bond acceptors (Lipinski definition) is 1. The maximum atomic E-state index is 7.16. The second-order valence-electron chi connectivity index (χ2n) is 9.47. The van der Waals surface area contributed by atoms with Crippen LogP contribution in [0.25, 0.3) is 10.9 Å². The summed E-state index contributed by atoms with van der Waals surface area (Å²) in [5, 5.41) is 1.24. The highest BCUT2D eigenvalue weighted by Crippen LogP contribution is 2.62. The molecule has 0 bridgehead atoms. The number of para-hydroxylation sites is 1. The number of aromatic nitrogens is 1. The van der Waals surface area contributed by atoms with Crippen molar-refractivity contribution in [2.45, 2.75) is 17.9 Å². The highest BCUT2D eigenvalue weighted by Gasteiger charge is 2.64. The van der Waals surface area contributed by atoms with E-state index in [0.29, 0.717) is 6.61 Å². The summed E-state index contributed by atoms with van der Waals surface area (Å²) in [5.41, 5.74) is 5.06. The molecule has 4 aromatic carbocycles. The summed E-state index contributed by atoms with van der Waals surface area (Å²) in [6.45, 7) is 3.01. The third-order valence-electron chi connectivity index (χ3n) is 7.76. The van der Waals surface area contributed by atoms with Crippen LogP contribution in [-0.2, 0) is 22.8 Å². The number of hydrogen-bond donors (Lipinski definition) is 0. The van der Waals surface area contributed by atoms with Gasteiger partial charge in [-0.3, -0.25) is 0 Å². The SMILES string of the molecule is CC1COC(c2ccccc2)(c2cn(C)c3ccccc23)C1(c1ccccc1)c1ccccc1. The first-order valence-electron chi connectivity index (χ1n) is 12.0. The molecule has 2 heterocycles. The first-order chi connectivity index (χ1) is 16.7. The standard InChI is InChI=1S/C32H29NO/c1-24-23-34-32(27-18-10-5-11-19-27,29-22-33(2)30-21-13-12-20-28(29)30)31(24,25-14-6-3-7-15-25)26-16-8-4-9-17-26/h3-22,24H,23H2,1-2H3. The van der Waals surface area contributed by atoms with Crippen molar-refractivity contribution in [2.75, 3.05) is 6.61 Å². The van der Waals surface area contributed by atoms with Gasteiger partial charge in [0.15, 0.2) is 0 Å². The minimum atomic E-state index is -0.697. The van der Waals surface area contributed by atoms with E-state index in [4.69, 9.17) is 4.74 Å². The van der Waals surface area contributed by atoms with Crippen molar-refractivity contribution in [3.8, 4) is 0 Å². The molecule has 1 saturated heterocycles. The molecule has 2 heteroatoms. The molecule has 6 rings (SSSR count). The highest BCUT2D eigenvalue weighted by molar-refractivity contribution is 5.86. The lowest BCUT2D eigenvalue weighted by Gasteiger charge is -2.48. The molecule has 5 aromatic rings. The quantitative estimate of drug-likeness (QED) is 0.290. The second kappa shape index (κ2) is 8.00. The van der Waals surface area contributed by atoms with Crippen LogP contribution in [-0.4, -0.2) is 11.2 Å². The van der Waals surface area contributed by atoms with Crippen LogP contribution in [0.4, 0.5) is 0 Å². The van der Waals surface area contributed by atoms with E-state index in [1.165, 1.54) is 33.2 Å². The summed E-state index contributed by atoms with van der Waals surface area (Å²) in [7, 11) is 2.13. The van der Waals surface area contributed by atoms with Crippen LogP contribution >= 0.6 is 0 Å². The fraction of sp³-hybridized carbons (Fsp3) is 0.188. The highest BCUT2D eigenvalue weighted by atomic mass is 16.5. The molecular weight excluding hydrogens is 414 g/mol. The van der Waals surface area contributed by atoms with Crippen molar-refractivity contribution < 1.29 is 4.74 Å². The van der Waals surface area contributed by atoms with Gasteiger partial charge in [-0.1, -0.05) is 116 Å². The molecule has 0 radical (unpaired) electrons. The van der Waals surface area contributed by atoms with E-state index in [9.17, 15) is 0 Å². The van der Waals surface area contributed by atoms with Gasteiger partial charge in [-0.15, -0.1) is 0 Å². The van der Waals surface area contributed by atoms with Crippen LogP contribution in [0.15, 0.2) is 121 Å². The predicted octanol–water partition coefficient (Wildman–Crippen LogP) is 7.07. The maximum absolute atomic E-state index is 7.16. The number of fused-ring (bicyclic) bond motifs is 1. The normalized spacial score (nSPS) is 21.6. The zero-order chi connectivity index (χ0) is 23.2. The van der Waals surface area contributed by atoms with Crippen molar-refractivity contribution >= 4 is 10.9 Å². The van der Waals surface area contributed by atoms with E-state index in [1.807, 2.05) is 0 Å². The summed E-state index contributed by atoms with van der Waals surface area (Å²) in [6.07, 6.45) is 2.29. The van der Waals surface area contributed by atoms with Gasteiger partial charge in [0.1, 0.15) is 5.60 Å². The van der Waals surface area contributed by atoms with Gasteiger partial charge in [-0.25, -0.2) is 0 Å². The summed E-state index contributed by atoms with van der Waals surface area (Å²) in [6, 6.07) is 41.5. The molecule has 0 N–H and O–H groups in total. The van der Waals surface area contributed by atoms with Crippen LogP contribution in [0, 0.1) is 5.92 Å². The Bertz CT molecular complexity index is 1380. The lowest BCUT2D eigenvalue weighted by molar-refractivity contribution is 0.00810. The number of nitrogens with zero attached hydrogens (tertiary/aromatic N) is 1. The molecule has 2 atom stereocenters. The Morgan fingerprint density at radius 2 is 1.18 bits per heavy atom. The van der Waals surface area contributed by atoms with Crippen molar-refractivity contribution in [3.05, 3.63) is 144 Å². The summed E-state index contributed by atoms with van der Waals surface area (Å²) < 4.78 is 9.40. The van der Waals surface area contributed by atoms with E-state index in [2.05, 4.69) is 140 Å². The molecule has 0 spiro atoms. The molecule has 1 aliphatic heterocycles. The predicted molar refractivity (Wildman–Crippen MR) is 139 cm³/mol. The number of benzene rings is 4. The average Bonchev–Trinajstić information content (AvgIpc) is 3.41. The Morgan fingerprint density at radius 1 is 0.676 bits per heavy atom. The Hall–Kier alpha value is -3.62. The molecule has 34 heavy (non-hydrogen) atoms. The monoisotopic (exact) mass is 443 g/mol. The molecule has 0 saturated carbocycles. The first kappa shape index (κ1) is 20.9. The average molecular weight is 444 g/mol. The lowest BCUT2D eigenvalue weighted by atomic mass is 9.55. The first-order valence-corrected chi connectivity index (χ1v) is 12.0. The maximum Gasteiger partial charge on any atom is 0.134 e. The van der Waals surface area contributed by atoms with Crippen LogP contribution in [0.3, 0.4) is 0 Å². The summed E-state index contributed by atoms with van der Waals surface area (Å²) in [5.74, 6) is 0.247.